The van der Waals surface area contributed by atoms with Gasteiger partial charge in [0.1, 0.15) is 0 Å². The van der Waals surface area contributed by atoms with Crippen molar-refractivity contribution >= 4 is 26.1 Å². The van der Waals surface area contributed by atoms with Crippen LogP contribution in [-0.2, 0) is 24.4 Å². The van der Waals surface area contributed by atoms with E-state index >= 15 is 0 Å². The summed E-state index contributed by atoms with van der Waals surface area (Å²) >= 11 is 4.19. The van der Waals surface area contributed by atoms with Gasteiger partial charge in [-0.05, 0) is 25.0 Å². The van der Waals surface area contributed by atoms with Crippen molar-refractivity contribution in [3.8, 4) is 0 Å². The maximum absolute atomic E-state index is 11.7. The van der Waals surface area contributed by atoms with Gasteiger partial charge < -0.3 is 5.32 Å². The molecule has 1 atom stereocenters. The fourth-order valence-electron chi connectivity index (χ4n) is 1.64. The van der Waals surface area contributed by atoms with E-state index in [1.165, 1.54) is 0 Å². The predicted molar refractivity (Wildman–Crippen MR) is 81.3 cm³/mol. The molecule has 0 spiro atoms. The largest absolute Gasteiger partial charge is 0.352 e. The maximum Gasteiger partial charge on any atom is 0.266 e. The first-order chi connectivity index (χ1) is 9.49. The second-order valence-corrected chi connectivity index (χ2v) is 6.64. The summed E-state index contributed by atoms with van der Waals surface area (Å²) in [6, 6.07) is 9.06. The topological polar surface area (TPSA) is 75.6 Å². The summed E-state index contributed by atoms with van der Waals surface area (Å²) in [5.41, 5.74) is 0.657. The van der Waals surface area contributed by atoms with E-state index in [-0.39, 0.29) is 12.5 Å². The zero-order valence-electron chi connectivity index (χ0n) is 11.1. The molecule has 0 bridgehead atoms. The van der Waals surface area contributed by atoms with Crippen molar-refractivity contribution in [2.75, 3.05) is 13.2 Å². The Morgan fingerprint density at radius 2 is 1.85 bits per heavy atom. The summed E-state index contributed by atoms with van der Waals surface area (Å²) in [4.78, 5) is 11.7. The number of nitrogens with one attached hydrogen (secondary N) is 1. The zero-order valence-corrected chi connectivity index (χ0v) is 12.8. The van der Waals surface area contributed by atoms with E-state index in [0.29, 0.717) is 18.5 Å². The molecule has 1 amide bonds. The molecule has 1 unspecified atom stereocenters. The number of carbonyl (C=O) groups excluding carboxylic acids is 1. The Morgan fingerprint density at radius 3 is 2.50 bits per heavy atom. The standard InChI is InChI=1S/C13H19NO4S2/c15-13(12-8-4-3-5-9-12)14-10-6-1-2-7-11-18-20(16,17)19/h3-5,8-9H,1-2,6-7,10-11H2,(H,14,15)(H,16,17,19). The van der Waals surface area contributed by atoms with Crippen molar-refractivity contribution in [1.82, 2.24) is 5.32 Å². The third kappa shape index (κ3) is 8.21. The smallest absolute Gasteiger partial charge is 0.266 e. The Hall–Kier alpha value is -1.02. The minimum atomic E-state index is -3.49. The first kappa shape index (κ1) is 17.0. The van der Waals surface area contributed by atoms with E-state index in [1.807, 2.05) is 18.2 Å². The zero-order chi connectivity index (χ0) is 14.8. The number of rotatable bonds is 9. The van der Waals surface area contributed by atoms with Gasteiger partial charge in [-0.3, -0.25) is 13.5 Å². The van der Waals surface area contributed by atoms with Gasteiger partial charge in [-0.2, -0.15) is 4.21 Å². The number of amides is 1. The Morgan fingerprint density at radius 1 is 1.20 bits per heavy atom. The Bertz CT molecular complexity index is 502. The van der Waals surface area contributed by atoms with E-state index in [9.17, 15) is 9.00 Å². The van der Waals surface area contributed by atoms with Crippen LogP contribution in [0.25, 0.3) is 0 Å². The summed E-state index contributed by atoms with van der Waals surface area (Å²) in [7, 11) is -3.49. The van der Waals surface area contributed by atoms with Crippen molar-refractivity contribution < 1.29 is 17.7 Å². The van der Waals surface area contributed by atoms with Crippen molar-refractivity contribution in [3.05, 3.63) is 35.9 Å². The second-order valence-electron chi connectivity index (χ2n) is 4.29. The number of carbonyl (C=O) groups is 1. The molecule has 0 aromatic heterocycles. The van der Waals surface area contributed by atoms with Gasteiger partial charge in [-0.1, -0.05) is 31.0 Å². The number of hydrogen-bond acceptors (Lipinski definition) is 4. The summed E-state index contributed by atoms with van der Waals surface area (Å²) < 4.78 is 23.9. The first-order valence-corrected chi connectivity index (χ1v) is 8.80. The van der Waals surface area contributed by atoms with E-state index < -0.39 is 9.05 Å². The summed E-state index contributed by atoms with van der Waals surface area (Å²) in [5.74, 6) is -0.0694. The molecule has 112 valence electrons. The highest BCUT2D eigenvalue weighted by Gasteiger charge is 2.03. The fourth-order valence-corrected chi connectivity index (χ4v) is 2.17. The quantitative estimate of drug-likeness (QED) is 0.682. The van der Waals surface area contributed by atoms with Crippen molar-refractivity contribution in [2.45, 2.75) is 25.7 Å². The maximum atomic E-state index is 11.7. The first-order valence-electron chi connectivity index (χ1n) is 6.44. The Kier molecular flexibility index (Phi) is 7.68. The van der Waals surface area contributed by atoms with Gasteiger partial charge in [0.15, 0.2) is 0 Å². The molecule has 0 aliphatic heterocycles. The van der Waals surface area contributed by atoms with Crippen molar-refractivity contribution in [2.24, 2.45) is 0 Å². The van der Waals surface area contributed by atoms with Crippen LogP contribution in [0, 0.1) is 0 Å². The Labute approximate surface area is 124 Å². The summed E-state index contributed by atoms with van der Waals surface area (Å²) in [5, 5.41) is 2.84. The lowest BCUT2D eigenvalue weighted by Crippen LogP contribution is -2.24. The van der Waals surface area contributed by atoms with E-state index in [4.69, 9.17) is 4.55 Å². The fraction of sp³-hybridized carbons (Fsp3) is 0.462. The van der Waals surface area contributed by atoms with Gasteiger partial charge in [-0.15, -0.1) is 0 Å². The van der Waals surface area contributed by atoms with Gasteiger partial charge in [-0.25, -0.2) is 0 Å². The molecule has 0 heterocycles. The summed E-state index contributed by atoms with van der Waals surface area (Å²) in [6.07, 6.45) is 3.33. The molecular formula is C13H19NO4S2. The molecule has 5 nitrogen and oxygen atoms in total. The van der Waals surface area contributed by atoms with Crippen LogP contribution in [0.4, 0.5) is 0 Å². The molecule has 0 fully saturated rings. The number of benzene rings is 1. The van der Waals surface area contributed by atoms with E-state index in [2.05, 4.69) is 20.7 Å². The minimum absolute atomic E-state index is 0.0694. The van der Waals surface area contributed by atoms with Crippen LogP contribution in [0.5, 0.6) is 0 Å². The van der Waals surface area contributed by atoms with E-state index in [0.717, 1.165) is 19.3 Å². The molecule has 0 radical (unpaired) electrons. The molecule has 2 N–H and O–H groups in total. The number of unbranched alkanes of at least 4 members (excludes halogenated alkanes) is 3. The van der Waals surface area contributed by atoms with Crippen LogP contribution in [0.15, 0.2) is 30.3 Å². The van der Waals surface area contributed by atoms with Crippen LogP contribution >= 0.6 is 0 Å². The van der Waals surface area contributed by atoms with Crippen LogP contribution in [0.1, 0.15) is 36.0 Å². The molecule has 0 aliphatic carbocycles. The van der Waals surface area contributed by atoms with Crippen LogP contribution in [0.2, 0.25) is 0 Å². The van der Waals surface area contributed by atoms with E-state index in [1.54, 1.807) is 12.1 Å². The predicted octanol–water partition coefficient (Wildman–Crippen LogP) is 2.13. The molecular weight excluding hydrogens is 298 g/mol. The summed E-state index contributed by atoms with van der Waals surface area (Å²) in [6.45, 7) is 0.807. The minimum Gasteiger partial charge on any atom is -0.352 e. The van der Waals surface area contributed by atoms with Crippen LogP contribution in [0.3, 0.4) is 0 Å². The molecule has 0 saturated carbocycles. The molecule has 7 heteroatoms. The van der Waals surface area contributed by atoms with Crippen molar-refractivity contribution in [3.63, 3.8) is 0 Å². The van der Waals surface area contributed by atoms with Crippen LogP contribution in [-0.4, -0.2) is 27.8 Å². The van der Waals surface area contributed by atoms with Gasteiger partial charge in [0, 0.05) is 23.3 Å². The average Bonchev–Trinajstić information content (AvgIpc) is 2.41. The third-order valence-corrected chi connectivity index (χ3v) is 3.38. The highest BCUT2D eigenvalue weighted by atomic mass is 32.9. The molecule has 20 heavy (non-hydrogen) atoms. The van der Waals surface area contributed by atoms with Gasteiger partial charge >= 0.3 is 0 Å². The highest BCUT2D eigenvalue weighted by molar-refractivity contribution is 8.27. The Balaban J connectivity index is 2.01. The van der Waals surface area contributed by atoms with Gasteiger partial charge in [0.2, 0.25) is 0 Å². The molecule has 1 aromatic carbocycles. The van der Waals surface area contributed by atoms with Crippen LogP contribution < -0.4 is 5.32 Å². The van der Waals surface area contributed by atoms with Gasteiger partial charge in [0.05, 0.1) is 6.61 Å². The lowest BCUT2D eigenvalue weighted by Gasteiger charge is -2.05. The lowest BCUT2D eigenvalue weighted by molar-refractivity contribution is 0.0953. The molecule has 1 rings (SSSR count). The number of hydrogen-bond donors (Lipinski definition) is 2. The lowest BCUT2D eigenvalue weighted by atomic mass is 10.2. The molecule has 1 aromatic rings. The molecule has 0 saturated heterocycles. The van der Waals surface area contributed by atoms with Gasteiger partial charge in [0.25, 0.3) is 15.0 Å². The highest BCUT2D eigenvalue weighted by Crippen LogP contribution is 2.02. The SMILES string of the molecule is O=C(NCCCCCCOS(=O)(O)=S)c1ccccc1. The third-order valence-electron chi connectivity index (χ3n) is 2.62. The monoisotopic (exact) mass is 317 g/mol. The average molecular weight is 317 g/mol. The molecule has 0 aliphatic rings. The second kappa shape index (κ2) is 9.02. The van der Waals surface area contributed by atoms with Crippen molar-refractivity contribution in [1.29, 1.82) is 0 Å². The normalized spacial score (nSPS) is 13.7.